The van der Waals surface area contributed by atoms with E-state index < -0.39 is 5.60 Å². The molecular formula is C13H21N5O2. The zero-order chi connectivity index (χ0) is 14.9. The molecule has 7 nitrogen and oxygen atoms in total. The Morgan fingerprint density at radius 1 is 1.60 bits per heavy atom. The first-order valence-corrected chi connectivity index (χ1v) is 6.69. The Morgan fingerprint density at radius 3 is 2.80 bits per heavy atom. The van der Waals surface area contributed by atoms with E-state index in [-0.39, 0.29) is 17.5 Å². The summed E-state index contributed by atoms with van der Waals surface area (Å²) in [4.78, 5) is 22.6. The number of aliphatic hydroxyl groups is 1. The van der Waals surface area contributed by atoms with Gasteiger partial charge in [-0.15, -0.1) is 0 Å². The second-order valence-electron chi connectivity index (χ2n) is 5.76. The molecule has 1 atom stereocenters. The van der Waals surface area contributed by atoms with Crippen LogP contribution >= 0.6 is 0 Å². The molecule has 1 saturated heterocycles. The Hall–Kier alpha value is -1.73. The van der Waals surface area contributed by atoms with Crippen LogP contribution in [-0.2, 0) is 0 Å². The molecule has 0 radical (unpaired) electrons. The topological polar surface area (TPSA) is 104 Å². The van der Waals surface area contributed by atoms with E-state index >= 15 is 0 Å². The lowest BCUT2D eigenvalue weighted by molar-refractivity contribution is 0.0569. The smallest absolute Gasteiger partial charge is 0.274 e. The maximum absolute atomic E-state index is 12.5. The van der Waals surface area contributed by atoms with Crippen molar-refractivity contribution in [1.29, 1.82) is 0 Å². The van der Waals surface area contributed by atoms with E-state index in [0.717, 1.165) is 0 Å². The summed E-state index contributed by atoms with van der Waals surface area (Å²) in [7, 11) is 0. The number of hydrazine groups is 1. The van der Waals surface area contributed by atoms with Crippen molar-refractivity contribution < 1.29 is 9.90 Å². The van der Waals surface area contributed by atoms with E-state index in [1.165, 1.54) is 6.20 Å². The van der Waals surface area contributed by atoms with Crippen LogP contribution < -0.4 is 11.3 Å². The van der Waals surface area contributed by atoms with E-state index in [1.807, 2.05) is 13.8 Å². The molecule has 20 heavy (non-hydrogen) atoms. The SMILES string of the molecule is CC(C)c1ncc(NN)c(C(=O)N2CCC(C)(O)C2)n1. The molecule has 7 heteroatoms. The number of nitrogens with zero attached hydrogens (tertiary/aromatic N) is 3. The average molecular weight is 279 g/mol. The zero-order valence-electron chi connectivity index (χ0n) is 12.1. The summed E-state index contributed by atoms with van der Waals surface area (Å²) in [5, 5.41) is 9.96. The molecule has 0 bridgehead atoms. The van der Waals surface area contributed by atoms with E-state index in [4.69, 9.17) is 5.84 Å². The zero-order valence-corrected chi connectivity index (χ0v) is 12.1. The Morgan fingerprint density at radius 2 is 2.30 bits per heavy atom. The lowest BCUT2D eigenvalue weighted by atomic mass is 10.1. The summed E-state index contributed by atoms with van der Waals surface area (Å²) in [5.74, 6) is 5.90. The van der Waals surface area contributed by atoms with Gasteiger partial charge in [0.05, 0.1) is 17.5 Å². The molecule has 0 saturated carbocycles. The van der Waals surface area contributed by atoms with Crippen LogP contribution in [0.2, 0.25) is 0 Å². The number of hydrogen-bond acceptors (Lipinski definition) is 6. The fraction of sp³-hybridized carbons (Fsp3) is 0.615. The van der Waals surface area contributed by atoms with Gasteiger partial charge in [0.1, 0.15) is 5.82 Å². The molecule has 1 aliphatic rings. The Kier molecular flexibility index (Phi) is 3.92. The molecular weight excluding hydrogens is 258 g/mol. The van der Waals surface area contributed by atoms with E-state index in [1.54, 1.807) is 11.8 Å². The number of nitrogens with one attached hydrogen (secondary N) is 1. The summed E-state index contributed by atoms with van der Waals surface area (Å²) >= 11 is 0. The standard InChI is InChI=1S/C13H21N5O2/c1-8(2)11-15-6-9(17-14)10(16-11)12(19)18-5-4-13(3,20)7-18/h6,8,17,20H,4-5,7,14H2,1-3H3. The molecule has 1 aromatic heterocycles. The minimum absolute atomic E-state index is 0.120. The van der Waals surface area contributed by atoms with E-state index in [0.29, 0.717) is 31.0 Å². The fourth-order valence-corrected chi connectivity index (χ4v) is 2.21. The maximum atomic E-state index is 12.5. The summed E-state index contributed by atoms with van der Waals surface area (Å²) in [6.07, 6.45) is 2.08. The van der Waals surface area contributed by atoms with Crippen LogP contribution in [0.5, 0.6) is 0 Å². The summed E-state index contributed by atoms with van der Waals surface area (Å²) in [6.45, 7) is 6.45. The third kappa shape index (κ3) is 2.88. The van der Waals surface area contributed by atoms with Crippen molar-refractivity contribution in [3.05, 3.63) is 17.7 Å². The van der Waals surface area contributed by atoms with Crippen molar-refractivity contribution >= 4 is 11.6 Å². The fourth-order valence-electron chi connectivity index (χ4n) is 2.21. The van der Waals surface area contributed by atoms with Crippen molar-refractivity contribution in [3.8, 4) is 0 Å². The highest BCUT2D eigenvalue weighted by Crippen LogP contribution is 2.24. The van der Waals surface area contributed by atoms with Gasteiger partial charge in [-0.3, -0.25) is 10.6 Å². The summed E-state index contributed by atoms with van der Waals surface area (Å²) < 4.78 is 0. The minimum atomic E-state index is -0.833. The molecule has 0 spiro atoms. The van der Waals surface area contributed by atoms with Crippen molar-refractivity contribution in [2.24, 2.45) is 5.84 Å². The number of rotatable bonds is 3. The number of nitrogen functional groups attached to an aromatic ring is 1. The van der Waals surface area contributed by atoms with Gasteiger partial charge < -0.3 is 15.4 Å². The predicted octanol–water partition coefficient (Wildman–Crippen LogP) is 0.482. The van der Waals surface area contributed by atoms with Crippen LogP contribution in [0, 0.1) is 0 Å². The van der Waals surface area contributed by atoms with E-state index in [2.05, 4.69) is 15.4 Å². The Bertz CT molecular complexity index is 515. The normalized spacial score (nSPS) is 22.4. The quantitative estimate of drug-likeness (QED) is 0.549. The summed E-state index contributed by atoms with van der Waals surface area (Å²) in [6, 6.07) is 0. The number of carbonyl (C=O) groups is 1. The van der Waals surface area contributed by atoms with Gasteiger partial charge in [-0.05, 0) is 13.3 Å². The molecule has 2 rings (SSSR count). The van der Waals surface area contributed by atoms with Gasteiger partial charge in [-0.1, -0.05) is 13.8 Å². The molecule has 1 aromatic rings. The number of amides is 1. The van der Waals surface area contributed by atoms with Gasteiger partial charge in [-0.25, -0.2) is 9.97 Å². The number of nitrogens with two attached hydrogens (primary N) is 1. The highest BCUT2D eigenvalue weighted by Gasteiger charge is 2.35. The highest BCUT2D eigenvalue weighted by atomic mass is 16.3. The van der Waals surface area contributed by atoms with Crippen LogP contribution in [0.1, 0.15) is 49.4 Å². The van der Waals surface area contributed by atoms with Crippen LogP contribution in [0.25, 0.3) is 0 Å². The third-order valence-electron chi connectivity index (χ3n) is 3.42. The molecule has 1 aliphatic heterocycles. The third-order valence-corrected chi connectivity index (χ3v) is 3.42. The first-order chi connectivity index (χ1) is 9.34. The molecule has 1 fully saturated rings. The molecule has 2 heterocycles. The highest BCUT2D eigenvalue weighted by molar-refractivity contribution is 5.97. The lowest BCUT2D eigenvalue weighted by Gasteiger charge is -2.20. The molecule has 0 aliphatic carbocycles. The molecule has 1 amide bonds. The predicted molar refractivity (Wildman–Crippen MR) is 75.1 cm³/mol. The minimum Gasteiger partial charge on any atom is -0.388 e. The first kappa shape index (κ1) is 14.7. The first-order valence-electron chi connectivity index (χ1n) is 6.69. The maximum Gasteiger partial charge on any atom is 0.274 e. The Labute approximate surface area is 118 Å². The number of aromatic nitrogens is 2. The van der Waals surface area contributed by atoms with Crippen molar-refractivity contribution in [1.82, 2.24) is 14.9 Å². The van der Waals surface area contributed by atoms with Crippen molar-refractivity contribution in [2.45, 2.75) is 38.7 Å². The van der Waals surface area contributed by atoms with Crippen LogP contribution in [-0.4, -0.2) is 44.6 Å². The lowest BCUT2D eigenvalue weighted by Crippen LogP contribution is -2.35. The van der Waals surface area contributed by atoms with Crippen LogP contribution in [0.3, 0.4) is 0 Å². The van der Waals surface area contributed by atoms with Gasteiger partial charge in [0.15, 0.2) is 5.69 Å². The van der Waals surface area contributed by atoms with Crippen LogP contribution in [0.4, 0.5) is 5.69 Å². The second kappa shape index (κ2) is 5.34. The number of β-amino-alcohol motifs (C(OH)–C–C–N with tert-alkyl or cyclic N) is 1. The van der Waals surface area contributed by atoms with Gasteiger partial charge in [0.25, 0.3) is 5.91 Å². The van der Waals surface area contributed by atoms with Gasteiger partial charge in [0.2, 0.25) is 0 Å². The van der Waals surface area contributed by atoms with Gasteiger partial charge in [-0.2, -0.15) is 0 Å². The molecule has 0 aromatic carbocycles. The molecule has 4 N–H and O–H groups in total. The van der Waals surface area contributed by atoms with Gasteiger partial charge in [0, 0.05) is 19.0 Å². The number of anilines is 1. The van der Waals surface area contributed by atoms with Crippen LogP contribution in [0.15, 0.2) is 6.20 Å². The number of carbonyl (C=O) groups excluding carboxylic acids is 1. The largest absolute Gasteiger partial charge is 0.388 e. The molecule has 110 valence electrons. The summed E-state index contributed by atoms with van der Waals surface area (Å²) in [5.41, 5.74) is 2.27. The van der Waals surface area contributed by atoms with E-state index in [9.17, 15) is 9.90 Å². The average Bonchev–Trinajstić information content (AvgIpc) is 2.77. The number of hydrogen-bond donors (Lipinski definition) is 3. The van der Waals surface area contributed by atoms with Crippen molar-refractivity contribution in [3.63, 3.8) is 0 Å². The number of likely N-dealkylation sites (tertiary alicyclic amines) is 1. The second-order valence-corrected chi connectivity index (χ2v) is 5.76. The van der Waals surface area contributed by atoms with Gasteiger partial charge >= 0.3 is 0 Å². The molecule has 1 unspecified atom stereocenters. The van der Waals surface area contributed by atoms with Crippen molar-refractivity contribution in [2.75, 3.05) is 18.5 Å². The Balaban J connectivity index is 2.31. The monoisotopic (exact) mass is 279 g/mol.